The summed E-state index contributed by atoms with van der Waals surface area (Å²) in [6, 6.07) is 3.73. The van der Waals surface area contributed by atoms with E-state index >= 15 is 0 Å². The maximum Gasteiger partial charge on any atom is 0.270 e. The molecular weight excluding hydrogens is 262 g/mol. The van der Waals surface area contributed by atoms with Gasteiger partial charge in [0.25, 0.3) is 11.2 Å². The fraction of sp³-hybridized carbons (Fsp3) is 0.385. The van der Waals surface area contributed by atoms with E-state index in [1.807, 2.05) is 0 Å². The smallest absolute Gasteiger partial charge is 0.270 e. The molecular formula is C13H13N3O4. The number of hydrogen-bond donors (Lipinski definition) is 1. The summed E-state index contributed by atoms with van der Waals surface area (Å²) in [4.78, 5) is 26.8. The van der Waals surface area contributed by atoms with Gasteiger partial charge in [0.1, 0.15) is 0 Å². The van der Waals surface area contributed by atoms with Gasteiger partial charge in [-0.15, -0.1) is 0 Å². The molecule has 1 aromatic heterocycles. The molecule has 0 radical (unpaired) electrons. The summed E-state index contributed by atoms with van der Waals surface area (Å²) in [5, 5.41) is 20.9. The molecule has 0 unspecified atom stereocenters. The van der Waals surface area contributed by atoms with Crippen molar-refractivity contribution >= 4 is 16.6 Å². The second-order valence-corrected chi connectivity index (χ2v) is 4.98. The lowest BCUT2D eigenvalue weighted by Gasteiger charge is -2.17. The summed E-state index contributed by atoms with van der Waals surface area (Å²) < 4.78 is 1.39. The van der Waals surface area contributed by atoms with Crippen LogP contribution in [0.1, 0.15) is 25.3 Å². The van der Waals surface area contributed by atoms with E-state index < -0.39 is 11.0 Å². The summed E-state index contributed by atoms with van der Waals surface area (Å²) in [6.45, 7) is 0. The number of hydrogen-bond acceptors (Lipinski definition) is 5. The van der Waals surface area contributed by atoms with E-state index in [4.69, 9.17) is 0 Å². The third kappa shape index (κ3) is 1.96. The predicted molar refractivity (Wildman–Crippen MR) is 71.6 cm³/mol. The Balaban J connectivity index is 2.18. The Labute approximate surface area is 113 Å². The number of nitro benzene ring substituents is 1. The molecule has 1 aromatic carbocycles. The highest BCUT2D eigenvalue weighted by molar-refractivity contribution is 5.79. The van der Waals surface area contributed by atoms with Crippen molar-refractivity contribution in [2.45, 2.75) is 31.4 Å². The molecule has 1 heterocycles. The monoisotopic (exact) mass is 275 g/mol. The van der Waals surface area contributed by atoms with Crippen molar-refractivity contribution < 1.29 is 10.0 Å². The van der Waals surface area contributed by atoms with E-state index in [2.05, 4.69) is 4.98 Å². The summed E-state index contributed by atoms with van der Waals surface area (Å²) in [7, 11) is 0. The summed E-state index contributed by atoms with van der Waals surface area (Å²) >= 11 is 0. The fourth-order valence-corrected chi connectivity index (χ4v) is 2.72. The van der Waals surface area contributed by atoms with E-state index in [1.165, 1.54) is 29.1 Å². The first-order chi connectivity index (χ1) is 9.58. The molecule has 1 aliphatic carbocycles. The Hall–Kier alpha value is -2.28. The van der Waals surface area contributed by atoms with Gasteiger partial charge >= 0.3 is 0 Å². The highest BCUT2D eigenvalue weighted by Gasteiger charge is 2.28. The van der Waals surface area contributed by atoms with Crippen LogP contribution < -0.4 is 5.56 Å². The molecule has 0 saturated heterocycles. The topological polar surface area (TPSA) is 98.3 Å². The van der Waals surface area contributed by atoms with Gasteiger partial charge in [-0.1, -0.05) is 0 Å². The standard InChI is InChI=1S/C13H13N3O4/c17-12-3-1-2-11(12)15-7-14-10-5-4-8(16(19)20)6-9(10)13(15)18/h4-7,11-12,17H,1-3H2/t11-,12-/m0/s1. The van der Waals surface area contributed by atoms with E-state index in [-0.39, 0.29) is 22.7 Å². The molecule has 1 N–H and O–H groups in total. The van der Waals surface area contributed by atoms with Crippen molar-refractivity contribution in [2.75, 3.05) is 0 Å². The first-order valence-electron chi connectivity index (χ1n) is 6.41. The predicted octanol–water partition coefficient (Wildman–Crippen LogP) is 1.39. The lowest BCUT2D eigenvalue weighted by Crippen LogP contribution is -2.29. The van der Waals surface area contributed by atoms with Gasteiger partial charge in [-0.3, -0.25) is 19.5 Å². The summed E-state index contributed by atoms with van der Waals surface area (Å²) in [5.41, 5.74) is -0.0601. The molecule has 0 spiro atoms. The Morgan fingerprint density at radius 3 is 2.85 bits per heavy atom. The first kappa shape index (κ1) is 12.7. The number of non-ortho nitro benzene ring substituents is 1. The number of aromatic nitrogens is 2. The van der Waals surface area contributed by atoms with Crippen LogP contribution >= 0.6 is 0 Å². The highest BCUT2D eigenvalue weighted by atomic mass is 16.6. The van der Waals surface area contributed by atoms with E-state index in [0.717, 1.165) is 6.42 Å². The number of nitrogens with zero attached hydrogens (tertiary/aromatic N) is 3. The molecule has 7 nitrogen and oxygen atoms in total. The van der Waals surface area contributed by atoms with Crippen molar-refractivity contribution in [3.63, 3.8) is 0 Å². The minimum absolute atomic E-state index is 0.138. The van der Waals surface area contributed by atoms with Gasteiger partial charge in [-0.05, 0) is 25.3 Å². The van der Waals surface area contributed by atoms with Crippen LogP contribution in [0.4, 0.5) is 5.69 Å². The van der Waals surface area contributed by atoms with E-state index in [1.54, 1.807) is 0 Å². The van der Waals surface area contributed by atoms with Gasteiger partial charge in [0.15, 0.2) is 0 Å². The number of benzene rings is 1. The van der Waals surface area contributed by atoms with Crippen molar-refractivity contribution in [1.29, 1.82) is 0 Å². The fourth-order valence-electron chi connectivity index (χ4n) is 2.72. The largest absolute Gasteiger partial charge is 0.391 e. The maximum absolute atomic E-state index is 12.4. The normalized spacial score (nSPS) is 22.2. The number of nitro groups is 1. The van der Waals surface area contributed by atoms with Crippen LogP contribution in [-0.2, 0) is 0 Å². The molecule has 1 saturated carbocycles. The molecule has 1 fully saturated rings. The zero-order valence-electron chi connectivity index (χ0n) is 10.6. The van der Waals surface area contributed by atoms with Crippen LogP contribution in [0.25, 0.3) is 10.9 Å². The maximum atomic E-state index is 12.4. The number of aliphatic hydroxyl groups is 1. The van der Waals surface area contributed by atoms with Gasteiger partial charge in [-0.25, -0.2) is 4.98 Å². The molecule has 3 rings (SSSR count). The summed E-state index contributed by atoms with van der Waals surface area (Å²) in [5.74, 6) is 0. The molecule has 104 valence electrons. The van der Waals surface area contributed by atoms with Crippen LogP contribution in [0, 0.1) is 10.1 Å². The molecule has 7 heteroatoms. The first-order valence-corrected chi connectivity index (χ1v) is 6.41. The molecule has 0 amide bonds. The third-order valence-electron chi connectivity index (χ3n) is 3.78. The zero-order chi connectivity index (χ0) is 14.3. The Bertz CT molecular complexity index is 740. The minimum atomic E-state index is -0.564. The molecule has 0 aliphatic heterocycles. The van der Waals surface area contributed by atoms with Crippen molar-refractivity contribution in [3.8, 4) is 0 Å². The van der Waals surface area contributed by atoms with Gasteiger partial charge in [-0.2, -0.15) is 0 Å². The second kappa shape index (κ2) is 4.68. The van der Waals surface area contributed by atoms with Crippen molar-refractivity contribution in [3.05, 3.63) is 45.0 Å². The molecule has 1 aliphatic rings. The van der Waals surface area contributed by atoms with Crippen LogP contribution in [0.5, 0.6) is 0 Å². The third-order valence-corrected chi connectivity index (χ3v) is 3.78. The van der Waals surface area contributed by atoms with Gasteiger partial charge in [0.05, 0.1) is 34.3 Å². The molecule has 2 atom stereocenters. The van der Waals surface area contributed by atoms with E-state index in [9.17, 15) is 20.0 Å². The molecule has 2 aromatic rings. The van der Waals surface area contributed by atoms with Crippen LogP contribution in [0.2, 0.25) is 0 Å². The Morgan fingerprint density at radius 1 is 1.40 bits per heavy atom. The quantitative estimate of drug-likeness (QED) is 0.659. The SMILES string of the molecule is O=c1c2cc([N+](=O)[O-])ccc2ncn1[C@H]1CCC[C@@H]1O. The zero-order valence-corrected chi connectivity index (χ0v) is 10.6. The van der Waals surface area contributed by atoms with Crippen LogP contribution in [0.3, 0.4) is 0 Å². The number of fused-ring (bicyclic) bond motifs is 1. The van der Waals surface area contributed by atoms with Crippen molar-refractivity contribution in [1.82, 2.24) is 9.55 Å². The van der Waals surface area contributed by atoms with Crippen molar-refractivity contribution in [2.24, 2.45) is 0 Å². The Morgan fingerprint density at radius 2 is 2.20 bits per heavy atom. The molecule has 0 bridgehead atoms. The minimum Gasteiger partial charge on any atom is -0.391 e. The van der Waals surface area contributed by atoms with E-state index in [0.29, 0.717) is 18.4 Å². The molecule has 20 heavy (non-hydrogen) atoms. The lowest BCUT2D eigenvalue weighted by atomic mass is 10.2. The van der Waals surface area contributed by atoms with Gasteiger partial charge in [0, 0.05) is 12.1 Å². The number of rotatable bonds is 2. The van der Waals surface area contributed by atoms with Gasteiger partial charge < -0.3 is 5.11 Å². The second-order valence-electron chi connectivity index (χ2n) is 4.98. The highest BCUT2D eigenvalue weighted by Crippen LogP contribution is 2.29. The Kier molecular flexibility index (Phi) is 2.98. The van der Waals surface area contributed by atoms with Crippen LogP contribution in [0.15, 0.2) is 29.3 Å². The lowest BCUT2D eigenvalue weighted by molar-refractivity contribution is -0.384. The van der Waals surface area contributed by atoms with Gasteiger partial charge in [0.2, 0.25) is 0 Å². The average molecular weight is 275 g/mol. The number of aliphatic hydroxyl groups excluding tert-OH is 1. The summed E-state index contributed by atoms with van der Waals surface area (Å²) in [6.07, 6.45) is 3.07. The average Bonchev–Trinajstić information content (AvgIpc) is 2.85. The van der Waals surface area contributed by atoms with Crippen LogP contribution in [-0.4, -0.2) is 25.7 Å².